The van der Waals surface area contributed by atoms with Crippen LogP contribution in [0, 0.1) is 0 Å². The van der Waals surface area contributed by atoms with Gasteiger partial charge in [-0.05, 0) is 24.1 Å². The van der Waals surface area contributed by atoms with Crippen molar-refractivity contribution in [2.75, 3.05) is 0 Å². The number of hydrogen-bond acceptors (Lipinski definition) is 2. The maximum atomic E-state index is 12.9. The highest BCUT2D eigenvalue weighted by Gasteiger charge is 2.34. The van der Waals surface area contributed by atoms with Crippen LogP contribution in [0.15, 0.2) is 36.7 Å². The van der Waals surface area contributed by atoms with E-state index in [1.807, 2.05) is 6.92 Å². The van der Waals surface area contributed by atoms with E-state index < -0.39 is 17.8 Å². The number of halogens is 3. The number of hydrogen-bond donors (Lipinski definition) is 1. The first kappa shape index (κ1) is 14.6. The Balaban J connectivity index is 2.23. The Bertz CT molecular complexity index is 578. The van der Waals surface area contributed by atoms with Crippen LogP contribution in [0.5, 0.6) is 0 Å². The molecule has 1 atom stereocenters. The zero-order valence-corrected chi connectivity index (χ0v) is 10.9. The summed E-state index contributed by atoms with van der Waals surface area (Å²) in [5, 5.41) is 14.1. The van der Waals surface area contributed by atoms with E-state index in [0.29, 0.717) is 12.1 Å². The summed E-state index contributed by atoms with van der Waals surface area (Å²) in [4.78, 5) is 0. The summed E-state index contributed by atoms with van der Waals surface area (Å²) in [6.45, 7) is 2.58. The minimum Gasteiger partial charge on any atom is -0.388 e. The van der Waals surface area contributed by atoms with Crippen molar-refractivity contribution in [3.05, 3.63) is 53.3 Å². The highest BCUT2D eigenvalue weighted by atomic mass is 19.4. The molecule has 0 aliphatic heterocycles. The lowest BCUT2D eigenvalue weighted by atomic mass is 9.98. The minimum atomic E-state index is -4.47. The van der Waals surface area contributed by atoms with Gasteiger partial charge in [-0.15, -0.1) is 0 Å². The van der Waals surface area contributed by atoms with E-state index in [9.17, 15) is 18.3 Å². The van der Waals surface area contributed by atoms with Crippen LogP contribution in [0.4, 0.5) is 13.2 Å². The van der Waals surface area contributed by atoms with Gasteiger partial charge in [0.1, 0.15) is 0 Å². The molecule has 0 bridgehead atoms. The molecular weight excluding hydrogens is 269 g/mol. The summed E-state index contributed by atoms with van der Waals surface area (Å²) in [5.74, 6) is 0. The Morgan fingerprint density at radius 2 is 2.00 bits per heavy atom. The molecule has 3 nitrogen and oxygen atoms in total. The van der Waals surface area contributed by atoms with Gasteiger partial charge >= 0.3 is 6.18 Å². The number of rotatable bonds is 4. The molecule has 0 saturated carbocycles. The fourth-order valence-electron chi connectivity index (χ4n) is 2.06. The number of aliphatic hydroxyl groups excluding tert-OH is 1. The van der Waals surface area contributed by atoms with Crippen LogP contribution >= 0.6 is 0 Å². The van der Waals surface area contributed by atoms with Crippen LogP contribution in [0.2, 0.25) is 0 Å². The lowest BCUT2D eigenvalue weighted by Crippen LogP contribution is -2.13. The fraction of sp³-hybridized carbons (Fsp3) is 0.357. The summed E-state index contributed by atoms with van der Waals surface area (Å²) in [7, 11) is 0. The third kappa shape index (κ3) is 3.19. The van der Waals surface area contributed by atoms with Crippen molar-refractivity contribution in [2.24, 2.45) is 0 Å². The normalized spacial score (nSPS) is 13.4. The molecule has 2 aromatic rings. The van der Waals surface area contributed by atoms with Gasteiger partial charge in [-0.2, -0.15) is 18.3 Å². The largest absolute Gasteiger partial charge is 0.416 e. The zero-order valence-electron chi connectivity index (χ0n) is 10.9. The maximum Gasteiger partial charge on any atom is 0.416 e. The van der Waals surface area contributed by atoms with Gasteiger partial charge in [0.2, 0.25) is 0 Å². The molecule has 0 radical (unpaired) electrons. The number of aryl methyl sites for hydroxylation is 1. The van der Waals surface area contributed by atoms with Gasteiger partial charge in [0.15, 0.2) is 0 Å². The van der Waals surface area contributed by atoms with Crippen LogP contribution in [-0.2, 0) is 19.1 Å². The van der Waals surface area contributed by atoms with Gasteiger partial charge in [0.05, 0.1) is 17.9 Å². The standard InChI is InChI=1S/C14H15F3N2O/c1-2-19-9-10(8-18-19)7-13(20)11-5-3-4-6-12(11)14(15,16)17/h3-6,8-9,13,20H,2,7H2,1H3. The van der Waals surface area contributed by atoms with E-state index in [-0.39, 0.29) is 12.0 Å². The molecule has 1 N–H and O–H groups in total. The Labute approximate surface area is 114 Å². The third-order valence-corrected chi connectivity index (χ3v) is 3.06. The van der Waals surface area contributed by atoms with Crippen molar-refractivity contribution in [1.29, 1.82) is 0 Å². The summed E-state index contributed by atoms with van der Waals surface area (Å²) < 4.78 is 40.3. The first-order valence-corrected chi connectivity index (χ1v) is 6.27. The topological polar surface area (TPSA) is 38.0 Å². The predicted molar refractivity (Wildman–Crippen MR) is 68.0 cm³/mol. The maximum absolute atomic E-state index is 12.9. The van der Waals surface area contributed by atoms with E-state index in [0.717, 1.165) is 6.07 Å². The molecular formula is C14H15F3N2O. The van der Waals surface area contributed by atoms with Crippen LogP contribution in [0.25, 0.3) is 0 Å². The molecule has 0 spiro atoms. The van der Waals surface area contributed by atoms with E-state index >= 15 is 0 Å². The van der Waals surface area contributed by atoms with Crippen LogP contribution in [0.1, 0.15) is 29.7 Å². The lowest BCUT2D eigenvalue weighted by molar-refractivity contribution is -0.139. The third-order valence-electron chi connectivity index (χ3n) is 3.06. The molecule has 6 heteroatoms. The predicted octanol–water partition coefficient (Wildman–Crippen LogP) is 3.20. The molecule has 0 fully saturated rings. The highest BCUT2D eigenvalue weighted by molar-refractivity contribution is 5.32. The molecule has 20 heavy (non-hydrogen) atoms. The Morgan fingerprint density at radius 1 is 1.30 bits per heavy atom. The summed E-state index contributed by atoms with van der Waals surface area (Å²) in [6.07, 6.45) is -2.29. The number of nitrogens with zero attached hydrogens (tertiary/aromatic N) is 2. The summed E-state index contributed by atoms with van der Waals surface area (Å²) in [5.41, 5.74) is -0.198. The van der Waals surface area contributed by atoms with Crippen LogP contribution in [-0.4, -0.2) is 14.9 Å². The van der Waals surface area contributed by atoms with E-state index in [2.05, 4.69) is 5.10 Å². The van der Waals surface area contributed by atoms with Gasteiger partial charge < -0.3 is 5.11 Å². The lowest BCUT2D eigenvalue weighted by Gasteiger charge is -2.16. The first-order valence-electron chi connectivity index (χ1n) is 6.27. The smallest absolute Gasteiger partial charge is 0.388 e. The minimum absolute atomic E-state index is 0.104. The average molecular weight is 284 g/mol. The van der Waals surface area contributed by atoms with E-state index in [1.54, 1.807) is 17.1 Å². The molecule has 0 saturated heterocycles. The van der Waals surface area contributed by atoms with Crippen molar-refractivity contribution in [3.8, 4) is 0 Å². The fourth-order valence-corrected chi connectivity index (χ4v) is 2.06. The second-order valence-corrected chi connectivity index (χ2v) is 4.51. The molecule has 1 aromatic carbocycles. The quantitative estimate of drug-likeness (QED) is 0.936. The van der Waals surface area contributed by atoms with Gasteiger partial charge in [-0.1, -0.05) is 18.2 Å². The van der Waals surface area contributed by atoms with Crippen molar-refractivity contribution in [1.82, 2.24) is 9.78 Å². The second kappa shape index (κ2) is 5.66. The molecule has 2 rings (SSSR count). The average Bonchev–Trinajstić information content (AvgIpc) is 2.85. The van der Waals surface area contributed by atoms with E-state index in [4.69, 9.17) is 0 Å². The van der Waals surface area contributed by atoms with Gasteiger partial charge in [0, 0.05) is 19.2 Å². The number of benzene rings is 1. The van der Waals surface area contributed by atoms with Crippen molar-refractivity contribution in [2.45, 2.75) is 32.2 Å². The number of alkyl halides is 3. The Morgan fingerprint density at radius 3 is 2.60 bits per heavy atom. The van der Waals surface area contributed by atoms with E-state index in [1.165, 1.54) is 18.2 Å². The Hall–Kier alpha value is -1.82. The number of aromatic nitrogens is 2. The molecule has 0 amide bonds. The molecule has 0 aliphatic carbocycles. The van der Waals surface area contributed by atoms with Gasteiger partial charge in [-0.3, -0.25) is 4.68 Å². The van der Waals surface area contributed by atoms with Crippen LogP contribution < -0.4 is 0 Å². The monoisotopic (exact) mass is 284 g/mol. The molecule has 0 aliphatic rings. The molecule has 1 heterocycles. The van der Waals surface area contributed by atoms with Gasteiger partial charge in [-0.25, -0.2) is 0 Å². The SMILES string of the molecule is CCn1cc(CC(O)c2ccccc2C(F)(F)F)cn1. The van der Waals surface area contributed by atoms with Crippen molar-refractivity contribution >= 4 is 0 Å². The van der Waals surface area contributed by atoms with Gasteiger partial charge in [0.25, 0.3) is 0 Å². The molecule has 108 valence electrons. The Kier molecular flexibility index (Phi) is 4.13. The second-order valence-electron chi connectivity index (χ2n) is 4.51. The molecule has 1 unspecified atom stereocenters. The summed E-state index contributed by atoms with van der Waals surface area (Å²) >= 11 is 0. The first-order chi connectivity index (χ1) is 9.41. The van der Waals surface area contributed by atoms with Crippen molar-refractivity contribution in [3.63, 3.8) is 0 Å². The van der Waals surface area contributed by atoms with Crippen molar-refractivity contribution < 1.29 is 18.3 Å². The summed E-state index contributed by atoms with van der Waals surface area (Å²) in [6, 6.07) is 5.09. The molecule has 1 aromatic heterocycles. The zero-order chi connectivity index (χ0) is 14.8. The van der Waals surface area contributed by atoms with Crippen LogP contribution in [0.3, 0.4) is 0 Å². The highest BCUT2D eigenvalue weighted by Crippen LogP contribution is 2.35. The number of aliphatic hydroxyl groups is 1.